The summed E-state index contributed by atoms with van der Waals surface area (Å²) in [6.45, 7) is 3.42. The molecule has 0 saturated heterocycles. The summed E-state index contributed by atoms with van der Waals surface area (Å²) in [5.74, 6) is 0.440. The normalized spacial score (nSPS) is 8.50. The van der Waals surface area contributed by atoms with Gasteiger partial charge in [-0.15, -0.1) is 11.8 Å². The molecule has 0 bridgehead atoms. The summed E-state index contributed by atoms with van der Waals surface area (Å²) in [4.78, 5) is 0. The van der Waals surface area contributed by atoms with Crippen molar-refractivity contribution in [1.82, 2.24) is 0 Å². The van der Waals surface area contributed by atoms with Crippen LogP contribution in [0.4, 0.5) is 0 Å². The van der Waals surface area contributed by atoms with Crippen LogP contribution in [0.2, 0.25) is 0 Å². The average Bonchev–Trinajstić information content (AvgIpc) is 1.61. The van der Waals surface area contributed by atoms with E-state index < -0.39 is 0 Å². The van der Waals surface area contributed by atoms with Crippen LogP contribution in [-0.2, 0) is 0 Å². The fourth-order valence-electron chi connectivity index (χ4n) is 0.170. The van der Waals surface area contributed by atoms with Crippen LogP contribution in [0, 0.1) is 5.41 Å². The van der Waals surface area contributed by atoms with Crippen LogP contribution in [0.5, 0.6) is 0 Å². The first kappa shape index (κ1) is 7.62. The van der Waals surface area contributed by atoms with E-state index in [0.717, 1.165) is 0 Å². The summed E-state index contributed by atoms with van der Waals surface area (Å²) in [5.41, 5.74) is 5.28. The number of nitrogens with two attached hydrogens (primary N) is 1. The number of rotatable bonds is 3. The largest absolute Gasteiger partial charge is 0.394 e. The zero-order chi connectivity index (χ0) is 6.57. The summed E-state index contributed by atoms with van der Waals surface area (Å²) in [5, 5.41) is 7.25. The van der Waals surface area contributed by atoms with E-state index in [1.165, 1.54) is 11.8 Å². The van der Waals surface area contributed by atoms with Crippen molar-refractivity contribution in [1.29, 1.82) is 5.41 Å². The maximum absolute atomic E-state index is 6.75. The Bertz CT molecular complexity index is 98.6. The topological polar surface area (TPSA) is 49.9 Å². The Hall–Kier alpha value is -0.375. The van der Waals surface area contributed by atoms with Gasteiger partial charge in [0.05, 0.1) is 5.03 Å². The molecule has 0 aliphatic rings. The predicted molar refractivity (Wildman–Crippen MR) is 39.3 cm³/mol. The third-order valence-corrected chi connectivity index (χ3v) is 1.24. The monoisotopic (exact) mass is 126 g/mol. The molecule has 0 aromatic rings. The standard InChI is InChI=1S/C4H7BN2S/c1-3(6)8-2-4(5)7/h7H,1-2,6H2. The molecule has 0 heterocycles. The Labute approximate surface area is 54.4 Å². The van der Waals surface area contributed by atoms with Crippen LogP contribution in [-0.4, -0.2) is 19.2 Å². The first-order chi connectivity index (χ1) is 3.63. The van der Waals surface area contributed by atoms with E-state index in [9.17, 15) is 0 Å². The molecule has 4 heteroatoms. The summed E-state index contributed by atoms with van der Waals surface area (Å²) in [6.07, 6.45) is 0. The van der Waals surface area contributed by atoms with Crippen molar-refractivity contribution >= 4 is 25.2 Å². The Morgan fingerprint density at radius 3 is 2.50 bits per heavy atom. The minimum absolute atomic E-state index is 0.126. The maximum atomic E-state index is 6.75. The number of thioether (sulfide) groups is 1. The highest BCUT2D eigenvalue weighted by Gasteiger charge is 1.87. The molecular formula is C4H7BN2S. The second-order valence-corrected chi connectivity index (χ2v) is 2.38. The SMILES string of the molecule is [B]C(=N)CSC(=C)N. The summed E-state index contributed by atoms with van der Waals surface area (Å²) in [6, 6.07) is 0. The first-order valence-corrected chi connectivity index (χ1v) is 3.01. The van der Waals surface area contributed by atoms with E-state index in [1.807, 2.05) is 0 Å². The van der Waals surface area contributed by atoms with Crippen molar-refractivity contribution in [2.75, 3.05) is 5.75 Å². The van der Waals surface area contributed by atoms with E-state index in [-0.39, 0.29) is 5.61 Å². The van der Waals surface area contributed by atoms with Gasteiger partial charge in [0.15, 0.2) is 0 Å². The van der Waals surface area contributed by atoms with Gasteiger partial charge in [0.25, 0.3) is 0 Å². The Balaban J connectivity index is 3.18. The van der Waals surface area contributed by atoms with Crippen LogP contribution in [0.15, 0.2) is 11.6 Å². The van der Waals surface area contributed by atoms with Crippen LogP contribution >= 0.6 is 11.8 Å². The van der Waals surface area contributed by atoms with Gasteiger partial charge in [-0.1, -0.05) is 6.58 Å². The zero-order valence-corrected chi connectivity index (χ0v) is 5.29. The van der Waals surface area contributed by atoms with Gasteiger partial charge in [0, 0.05) is 5.75 Å². The van der Waals surface area contributed by atoms with Gasteiger partial charge in [-0.25, -0.2) is 0 Å². The molecule has 8 heavy (non-hydrogen) atoms. The summed E-state index contributed by atoms with van der Waals surface area (Å²) in [7, 11) is 5.01. The van der Waals surface area contributed by atoms with Crippen molar-refractivity contribution in [2.24, 2.45) is 5.73 Å². The molecule has 2 radical (unpaired) electrons. The molecule has 0 aliphatic heterocycles. The lowest BCUT2D eigenvalue weighted by atomic mass is 10.1. The van der Waals surface area contributed by atoms with E-state index >= 15 is 0 Å². The van der Waals surface area contributed by atoms with Crippen molar-refractivity contribution in [2.45, 2.75) is 0 Å². The average molecular weight is 126 g/mol. The maximum Gasteiger partial charge on any atom is 0.135 e. The molecule has 0 aromatic carbocycles. The molecule has 0 aliphatic carbocycles. The molecule has 0 saturated carbocycles. The number of hydrogen-bond donors (Lipinski definition) is 2. The summed E-state index contributed by atoms with van der Waals surface area (Å²) < 4.78 is 0. The molecule has 2 nitrogen and oxygen atoms in total. The molecule has 0 atom stereocenters. The fourth-order valence-corrected chi connectivity index (χ4v) is 0.511. The first-order valence-electron chi connectivity index (χ1n) is 2.03. The molecule has 0 amide bonds. The van der Waals surface area contributed by atoms with Crippen LogP contribution in [0.25, 0.3) is 0 Å². The van der Waals surface area contributed by atoms with Crippen LogP contribution in [0.1, 0.15) is 0 Å². The molecule has 0 aromatic heterocycles. The third kappa shape index (κ3) is 5.62. The highest BCUT2D eigenvalue weighted by Crippen LogP contribution is 2.04. The minimum atomic E-state index is 0.126. The van der Waals surface area contributed by atoms with Gasteiger partial charge in [-0.05, 0) is 5.61 Å². The third-order valence-electron chi connectivity index (χ3n) is 0.413. The fraction of sp³-hybridized carbons (Fsp3) is 0.250. The highest BCUT2D eigenvalue weighted by molar-refractivity contribution is 8.03. The molecule has 0 spiro atoms. The van der Waals surface area contributed by atoms with Gasteiger partial charge in [0.2, 0.25) is 0 Å². The lowest BCUT2D eigenvalue weighted by molar-refractivity contribution is 1.53. The van der Waals surface area contributed by atoms with Gasteiger partial charge < -0.3 is 11.1 Å². The van der Waals surface area contributed by atoms with E-state index in [4.69, 9.17) is 19.0 Å². The minimum Gasteiger partial charge on any atom is -0.394 e. The second kappa shape index (κ2) is 3.61. The Morgan fingerprint density at radius 2 is 2.38 bits per heavy atom. The Kier molecular flexibility index (Phi) is 3.44. The second-order valence-electron chi connectivity index (χ2n) is 1.28. The van der Waals surface area contributed by atoms with Gasteiger partial charge in [-0.2, -0.15) is 0 Å². The van der Waals surface area contributed by atoms with Gasteiger partial charge in [0.1, 0.15) is 7.85 Å². The zero-order valence-electron chi connectivity index (χ0n) is 4.48. The Morgan fingerprint density at radius 1 is 1.88 bits per heavy atom. The van der Waals surface area contributed by atoms with E-state index in [2.05, 4.69) is 6.58 Å². The van der Waals surface area contributed by atoms with Crippen molar-refractivity contribution in [3.8, 4) is 0 Å². The lowest BCUT2D eigenvalue weighted by Gasteiger charge is -1.94. The molecule has 0 rings (SSSR count). The lowest BCUT2D eigenvalue weighted by Crippen LogP contribution is -2.00. The number of hydrogen-bond acceptors (Lipinski definition) is 3. The number of nitrogens with one attached hydrogen (secondary N) is 1. The summed E-state index contributed by atoms with van der Waals surface area (Å²) >= 11 is 1.27. The van der Waals surface area contributed by atoms with E-state index in [1.54, 1.807) is 0 Å². The van der Waals surface area contributed by atoms with Crippen molar-refractivity contribution < 1.29 is 0 Å². The van der Waals surface area contributed by atoms with Crippen molar-refractivity contribution in [3.05, 3.63) is 11.6 Å². The quantitative estimate of drug-likeness (QED) is 0.422. The van der Waals surface area contributed by atoms with Crippen molar-refractivity contribution in [3.63, 3.8) is 0 Å². The molecular weight excluding hydrogens is 119 g/mol. The molecule has 3 N–H and O–H groups in total. The van der Waals surface area contributed by atoms with Gasteiger partial charge in [-0.3, -0.25) is 0 Å². The molecule has 42 valence electrons. The van der Waals surface area contributed by atoms with Crippen LogP contribution in [0.3, 0.4) is 0 Å². The van der Waals surface area contributed by atoms with Gasteiger partial charge >= 0.3 is 0 Å². The predicted octanol–water partition coefficient (Wildman–Crippen LogP) is 0.295. The highest BCUT2D eigenvalue weighted by atomic mass is 32.2. The molecule has 0 unspecified atom stereocenters. The van der Waals surface area contributed by atoms with Crippen LogP contribution < -0.4 is 5.73 Å². The van der Waals surface area contributed by atoms with E-state index in [0.29, 0.717) is 10.8 Å². The smallest absolute Gasteiger partial charge is 0.135 e. The molecule has 0 fully saturated rings.